The van der Waals surface area contributed by atoms with E-state index in [0.717, 1.165) is 20.9 Å². The number of aromatic nitrogens is 1. The zero-order valence-electron chi connectivity index (χ0n) is 30.4. The van der Waals surface area contributed by atoms with E-state index in [1.165, 1.54) is 12.3 Å². The Bertz CT molecular complexity index is 1540. The molecule has 266 valence electrons. The van der Waals surface area contributed by atoms with Gasteiger partial charge in [0, 0.05) is 38.5 Å². The maximum atomic E-state index is 13.4. The van der Waals surface area contributed by atoms with Gasteiger partial charge in [0.2, 0.25) is 11.7 Å². The number of ether oxygens (including phenoxy) is 1. The molecular formula is C34H53ClFNO6SSi4. The smallest absolute Gasteiger partial charge is 0.221 e. The Kier molecular flexibility index (Phi) is 12.3. The highest BCUT2D eigenvalue weighted by atomic mass is 35.5. The van der Waals surface area contributed by atoms with Crippen LogP contribution in [0.5, 0.6) is 0 Å². The lowest BCUT2D eigenvalue weighted by atomic mass is 9.87. The summed E-state index contributed by atoms with van der Waals surface area (Å²) in [5.41, 5.74) is 2.22. The standard InChI is InChI=1S/C34H53ClFNO6SSi4/c1-45(2,3)39-22-28-31(41-46(4,5)6)32(42-47(7,8)9)33(43-48(10,11)12)34(38,40-28)25-14-16-27(35)24(19-25)20-26-15-17-29(44-26)23-13-18-30(36)37-21-23/h13-19,21,28,31-33,38H,20,22H2,1-12H3/t28-,31-,32+,33+,34?/m1/s1. The topological polar surface area (TPSA) is 79.3 Å². The van der Waals surface area contributed by atoms with E-state index >= 15 is 0 Å². The van der Waals surface area contributed by atoms with Crippen molar-refractivity contribution in [1.82, 2.24) is 4.98 Å². The number of thiophene rings is 1. The van der Waals surface area contributed by atoms with Crippen LogP contribution in [0.25, 0.3) is 10.4 Å². The second-order valence-electron chi connectivity index (χ2n) is 16.4. The van der Waals surface area contributed by atoms with E-state index in [1.807, 2.05) is 30.3 Å². The molecule has 2 aromatic heterocycles. The normalized spacial score (nSPS) is 24.2. The Morgan fingerprint density at radius 1 is 0.833 bits per heavy atom. The van der Waals surface area contributed by atoms with Crippen molar-refractivity contribution >= 4 is 56.2 Å². The molecule has 3 aromatic rings. The molecule has 1 aromatic carbocycles. The number of nitrogens with zero attached hydrogens (tertiary/aromatic N) is 1. The molecule has 48 heavy (non-hydrogen) atoms. The molecule has 0 saturated carbocycles. The van der Waals surface area contributed by atoms with Crippen molar-refractivity contribution in [2.45, 2.75) is 115 Å². The fourth-order valence-corrected chi connectivity index (χ4v) is 10.7. The number of hydrogen-bond acceptors (Lipinski definition) is 8. The predicted molar refractivity (Wildman–Crippen MR) is 204 cm³/mol. The summed E-state index contributed by atoms with van der Waals surface area (Å²) in [5, 5.41) is 13.5. The van der Waals surface area contributed by atoms with Crippen molar-refractivity contribution in [3.05, 3.63) is 75.6 Å². The van der Waals surface area contributed by atoms with Gasteiger partial charge >= 0.3 is 0 Å². The van der Waals surface area contributed by atoms with Crippen molar-refractivity contribution in [2.24, 2.45) is 0 Å². The third-order valence-corrected chi connectivity index (χ3v) is 12.8. The summed E-state index contributed by atoms with van der Waals surface area (Å²) in [6.45, 7) is 25.9. The summed E-state index contributed by atoms with van der Waals surface area (Å²) in [6.07, 6.45) is -0.521. The highest BCUT2D eigenvalue weighted by Crippen LogP contribution is 2.44. The summed E-state index contributed by atoms with van der Waals surface area (Å²) < 4.78 is 47.5. The first-order chi connectivity index (χ1) is 21.9. The van der Waals surface area contributed by atoms with E-state index in [4.69, 9.17) is 34.0 Å². The predicted octanol–water partition coefficient (Wildman–Crippen LogP) is 9.25. The molecule has 1 fully saturated rings. The Morgan fingerprint density at radius 2 is 1.46 bits per heavy atom. The lowest BCUT2D eigenvalue weighted by Crippen LogP contribution is -2.69. The molecule has 1 unspecified atom stereocenters. The molecule has 0 radical (unpaired) electrons. The molecule has 3 heterocycles. The van der Waals surface area contributed by atoms with Gasteiger partial charge in [-0.25, -0.2) is 4.98 Å². The van der Waals surface area contributed by atoms with Crippen LogP contribution in [-0.2, 0) is 34.6 Å². The van der Waals surface area contributed by atoms with Crippen molar-refractivity contribution in [1.29, 1.82) is 0 Å². The monoisotopic (exact) mass is 769 g/mol. The van der Waals surface area contributed by atoms with Crippen molar-refractivity contribution in [3.8, 4) is 10.4 Å². The summed E-state index contributed by atoms with van der Waals surface area (Å²) in [4.78, 5) is 5.84. The molecule has 7 nitrogen and oxygen atoms in total. The lowest BCUT2D eigenvalue weighted by molar-refractivity contribution is -0.348. The van der Waals surface area contributed by atoms with E-state index in [2.05, 4.69) is 83.5 Å². The molecule has 0 amide bonds. The van der Waals surface area contributed by atoms with E-state index in [-0.39, 0.29) is 6.61 Å². The minimum absolute atomic E-state index is 0.259. The third kappa shape index (κ3) is 11.0. The van der Waals surface area contributed by atoms with E-state index < -0.39 is 69.4 Å². The quantitative estimate of drug-likeness (QED) is 0.137. The zero-order valence-corrected chi connectivity index (χ0v) is 36.0. The second kappa shape index (κ2) is 14.9. The van der Waals surface area contributed by atoms with Gasteiger partial charge in [-0.1, -0.05) is 17.7 Å². The van der Waals surface area contributed by atoms with E-state index in [1.54, 1.807) is 17.4 Å². The summed E-state index contributed by atoms with van der Waals surface area (Å²) >= 11 is 8.40. The highest BCUT2D eigenvalue weighted by molar-refractivity contribution is 7.15. The van der Waals surface area contributed by atoms with Gasteiger partial charge in [-0.15, -0.1) is 11.3 Å². The zero-order chi connectivity index (χ0) is 35.9. The molecule has 1 saturated heterocycles. The van der Waals surface area contributed by atoms with Crippen molar-refractivity contribution in [2.75, 3.05) is 6.61 Å². The van der Waals surface area contributed by atoms with Crippen LogP contribution in [0, 0.1) is 5.95 Å². The molecule has 0 aliphatic carbocycles. The van der Waals surface area contributed by atoms with Gasteiger partial charge in [0.05, 0.1) is 6.61 Å². The minimum Gasteiger partial charge on any atom is -0.415 e. The van der Waals surface area contributed by atoms with Gasteiger partial charge in [0.1, 0.15) is 24.4 Å². The van der Waals surface area contributed by atoms with Crippen molar-refractivity contribution < 1.29 is 31.9 Å². The third-order valence-electron chi connectivity index (χ3n) is 7.34. The molecule has 0 spiro atoms. The highest BCUT2D eigenvalue weighted by Gasteiger charge is 2.59. The Morgan fingerprint density at radius 3 is 2.02 bits per heavy atom. The maximum Gasteiger partial charge on any atom is 0.221 e. The van der Waals surface area contributed by atoms with Gasteiger partial charge in [-0.2, -0.15) is 4.39 Å². The van der Waals surface area contributed by atoms with Crippen LogP contribution in [0.3, 0.4) is 0 Å². The fraction of sp³-hybridized carbons (Fsp3) is 0.559. The van der Waals surface area contributed by atoms with Gasteiger partial charge < -0.3 is 27.5 Å². The first kappa shape index (κ1) is 39.7. The van der Waals surface area contributed by atoms with Crippen LogP contribution in [0.1, 0.15) is 16.0 Å². The lowest BCUT2D eigenvalue weighted by Gasteiger charge is -2.54. The van der Waals surface area contributed by atoms with E-state index in [0.29, 0.717) is 17.0 Å². The van der Waals surface area contributed by atoms with Crippen molar-refractivity contribution in [3.63, 3.8) is 0 Å². The van der Waals surface area contributed by atoms with Crippen LogP contribution >= 0.6 is 22.9 Å². The van der Waals surface area contributed by atoms with Gasteiger partial charge in [0.25, 0.3) is 0 Å². The summed E-state index contributed by atoms with van der Waals surface area (Å²) in [5.74, 6) is -2.39. The summed E-state index contributed by atoms with van der Waals surface area (Å²) in [6, 6.07) is 12.7. The van der Waals surface area contributed by atoms with Crippen LogP contribution in [-0.4, -0.2) is 74.4 Å². The molecule has 4 rings (SSSR count). The summed E-state index contributed by atoms with van der Waals surface area (Å²) in [7, 11) is -8.59. The van der Waals surface area contributed by atoms with Crippen LogP contribution < -0.4 is 0 Å². The van der Waals surface area contributed by atoms with Gasteiger partial charge in [-0.3, -0.25) is 0 Å². The van der Waals surface area contributed by atoms with Crippen LogP contribution in [0.4, 0.5) is 4.39 Å². The SMILES string of the molecule is C[Si](C)(C)OC[C@H]1OC(O)(c2ccc(Cl)c(Cc3ccc(-c4ccc(F)nc4)s3)c2)[C@@H](O[Si](C)(C)C)[C@@H](O[Si](C)(C)C)[C@@H]1O[Si](C)(C)C. The molecular weight excluding hydrogens is 717 g/mol. The average Bonchev–Trinajstić information content (AvgIpc) is 3.39. The first-order valence-corrected chi connectivity index (χ1v) is 31.3. The number of benzene rings is 1. The number of hydrogen-bond donors (Lipinski definition) is 1. The first-order valence-electron chi connectivity index (χ1n) is 16.5. The molecule has 1 aliphatic heterocycles. The average molecular weight is 771 g/mol. The number of pyridine rings is 1. The van der Waals surface area contributed by atoms with Gasteiger partial charge in [0.15, 0.2) is 33.3 Å². The van der Waals surface area contributed by atoms with Gasteiger partial charge in [-0.05, 0) is 121 Å². The Balaban J connectivity index is 1.81. The number of rotatable bonds is 13. The molecule has 14 heteroatoms. The number of halogens is 2. The maximum absolute atomic E-state index is 13.4. The Hall–Kier alpha value is -1.08. The Labute approximate surface area is 299 Å². The molecule has 1 aliphatic rings. The molecule has 5 atom stereocenters. The second-order valence-corrected chi connectivity index (χ2v) is 35.9. The number of aliphatic hydroxyl groups is 1. The van der Waals surface area contributed by atoms with E-state index in [9.17, 15) is 9.50 Å². The van der Waals surface area contributed by atoms with Crippen LogP contribution in [0.2, 0.25) is 83.6 Å². The van der Waals surface area contributed by atoms with Crippen LogP contribution in [0.15, 0.2) is 48.7 Å². The molecule has 0 bridgehead atoms. The molecule has 1 N–H and O–H groups in total. The minimum atomic E-state index is -2.29. The largest absolute Gasteiger partial charge is 0.415 e. The fourth-order valence-electron chi connectivity index (χ4n) is 5.55.